The zero-order chi connectivity index (χ0) is 37.1. The largest absolute Gasteiger partial charge is 0.492 e. The normalized spacial score (nSPS) is 16.6. The van der Waals surface area contributed by atoms with Crippen molar-refractivity contribution < 1.29 is 19.1 Å². The number of ether oxygens (including phenoxy) is 1. The summed E-state index contributed by atoms with van der Waals surface area (Å²) in [6, 6.07) is 28.0. The highest BCUT2D eigenvalue weighted by atomic mass is 35.5. The molecule has 1 N–H and O–H groups in total. The third-order valence-corrected chi connectivity index (χ3v) is 10.2. The molecule has 53 heavy (non-hydrogen) atoms. The number of carbonyl (C=O) groups is 3. The number of urea groups is 1. The molecule has 4 amide bonds. The Balaban J connectivity index is 1.22. The van der Waals surface area contributed by atoms with Gasteiger partial charge < -0.3 is 15.0 Å². The number of fused-ring (bicyclic) bond motifs is 2. The molecule has 0 radical (unpaired) electrons. The third-order valence-electron chi connectivity index (χ3n) is 9.70. The lowest BCUT2D eigenvalue weighted by Gasteiger charge is -2.43. The Labute approximate surface area is 317 Å². The van der Waals surface area contributed by atoms with Crippen molar-refractivity contribution in [1.29, 1.82) is 0 Å². The molecular formula is C40H38Cl2N7O4+. The number of hydrogen-bond acceptors (Lipinski definition) is 8. The maximum absolute atomic E-state index is 15.2. The summed E-state index contributed by atoms with van der Waals surface area (Å²) >= 11 is 13.2. The Kier molecular flexibility index (Phi) is 10.4. The molecule has 4 aromatic carbocycles. The molecule has 0 saturated carbocycles. The fraction of sp³-hybridized carbons (Fsp3) is 0.225. The molecule has 11 nitrogen and oxygen atoms in total. The predicted octanol–water partition coefficient (Wildman–Crippen LogP) is 8.32. The van der Waals surface area contributed by atoms with Crippen LogP contribution in [0.2, 0.25) is 10.0 Å². The zero-order valence-electron chi connectivity index (χ0n) is 29.3. The van der Waals surface area contributed by atoms with E-state index < -0.39 is 11.8 Å². The minimum absolute atomic E-state index is 0.0256. The molecule has 7 rings (SSSR count). The highest BCUT2D eigenvalue weighted by Crippen LogP contribution is 2.44. The quantitative estimate of drug-likeness (QED) is 0.0946. The summed E-state index contributed by atoms with van der Waals surface area (Å²) in [6.45, 7) is 7.72. The van der Waals surface area contributed by atoms with Gasteiger partial charge in [0.05, 0.1) is 28.9 Å². The summed E-state index contributed by atoms with van der Waals surface area (Å²) in [4.78, 5) is 56.6. The molecule has 0 bridgehead atoms. The van der Waals surface area contributed by atoms with Crippen molar-refractivity contribution in [1.82, 2.24) is 24.3 Å². The van der Waals surface area contributed by atoms with Gasteiger partial charge in [0, 0.05) is 29.5 Å². The van der Waals surface area contributed by atoms with Gasteiger partial charge in [-0.05, 0) is 73.8 Å². The number of likely N-dealkylation sites (N-methyl/N-ethyl adjacent to an activating group) is 1. The van der Waals surface area contributed by atoms with Crippen LogP contribution in [0.4, 0.5) is 33.6 Å². The summed E-state index contributed by atoms with van der Waals surface area (Å²) < 4.78 is 5.58. The van der Waals surface area contributed by atoms with E-state index in [1.807, 2.05) is 54.6 Å². The number of benzene rings is 4. The lowest BCUT2D eigenvalue weighted by Crippen LogP contribution is -2.63. The number of para-hydroxylation sites is 1. The number of quaternary nitrogens is 1. The van der Waals surface area contributed by atoms with Gasteiger partial charge in [-0.1, -0.05) is 67.4 Å². The highest BCUT2D eigenvalue weighted by Gasteiger charge is 2.51. The Morgan fingerprint density at radius 1 is 0.868 bits per heavy atom. The first-order chi connectivity index (χ1) is 25.7. The molecule has 1 atom stereocenters. The lowest BCUT2D eigenvalue weighted by atomic mass is 10.1. The van der Waals surface area contributed by atoms with E-state index in [1.54, 1.807) is 53.6 Å². The van der Waals surface area contributed by atoms with Crippen LogP contribution < -0.4 is 19.4 Å². The fourth-order valence-electron chi connectivity index (χ4n) is 6.83. The van der Waals surface area contributed by atoms with Crippen molar-refractivity contribution in [2.24, 2.45) is 0 Å². The maximum Gasteiger partial charge on any atom is 0.434 e. The molecular weight excluding hydrogens is 713 g/mol. The Bertz CT molecular complexity index is 2130. The summed E-state index contributed by atoms with van der Waals surface area (Å²) in [6.07, 6.45) is 1.69. The molecule has 3 heterocycles. The van der Waals surface area contributed by atoms with Gasteiger partial charge in [-0.15, -0.1) is 0 Å². The van der Waals surface area contributed by atoms with Gasteiger partial charge >= 0.3 is 6.03 Å². The topological polar surface area (TPSA) is 108 Å². The Hall–Kier alpha value is -5.33. The molecule has 2 aliphatic heterocycles. The second-order valence-electron chi connectivity index (χ2n) is 12.8. The van der Waals surface area contributed by atoms with Crippen LogP contribution in [0.5, 0.6) is 5.75 Å². The van der Waals surface area contributed by atoms with Gasteiger partial charge in [-0.3, -0.25) is 14.5 Å². The number of imide groups is 1. The highest BCUT2D eigenvalue weighted by molar-refractivity contribution is 6.36. The molecule has 0 fully saturated rings. The van der Waals surface area contributed by atoms with Gasteiger partial charge in [0.2, 0.25) is 5.95 Å². The predicted molar refractivity (Wildman–Crippen MR) is 208 cm³/mol. The van der Waals surface area contributed by atoms with E-state index in [0.717, 1.165) is 31.1 Å². The lowest BCUT2D eigenvalue weighted by molar-refractivity contribution is 0.0640. The van der Waals surface area contributed by atoms with Gasteiger partial charge in [0.1, 0.15) is 30.5 Å². The van der Waals surface area contributed by atoms with Crippen molar-refractivity contribution in [2.75, 3.05) is 49.5 Å². The summed E-state index contributed by atoms with van der Waals surface area (Å²) in [5.74, 6) is 0.631. The van der Waals surface area contributed by atoms with E-state index in [4.69, 9.17) is 32.9 Å². The monoisotopic (exact) mass is 750 g/mol. The van der Waals surface area contributed by atoms with Crippen LogP contribution >= 0.6 is 23.2 Å². The van der Waals surface area contributed by atoms with Crippen LogP contribution in [-0.2, 0) is 6.54 Å². The average Bonchev–Trinajstić information content (AvgIpc) is 3.42. The van der Waals surface area contributed by atoms with Crippen molar-refractivity contribution in [3.05, 3.63) is 130 Å². The van der Waals surface area contributed by atoms with Gasteiger partial charge in [0.25, 0.3) is 11.8 Å². The summed E-state index contributed by atoms with van der Waals surface area (Å²) in [5.41, 5.74) is 3.10. The van der Waals surface area contributed by atoms with E-state index in [1.165, 1.54) is 4.90 Å². The second kappa shape index (κ2) is 15.3. The minimum Gasteiger partial charge on any atom is -0.492 e. The summed E-state index contributed by atoms with van der Waals surface area (Å²) in [5, 5.41) is 3.93. The maximum atomic E-state index is 15.2. The number of anilines is 4. The van der Waals surface area contributed by atoms with Crippen molar-refractivity contribution >= 4 is 69.9 Å². The Morgan fingerprint density at radius 2 is 1.55 bits per heavy atom. The number of amides is 4. The van der Waals surface area contributed by atoms with Gasteiger partial charge in [0.15, 0.2) is 11.5 Å². The van der Waals surface area contributed by atoms with E-state index in [-0.39, 0.29) is 35.2 Å². The molecule has 0 spiro atoms. The second-order valence-corrected chi connectivity index (χ2v) is 13.6. The number of hydrogen-bond donors (Lipinski definition) is 1. The van der Waals surface area contributed by atoms with E-state index in [9.17, 15) is 9.59 Å². The van der Waals surface area contributed by atoms with Crippen LogP contribution in [0.1, 0.15) is 40.1 Å². The van der Waals surface area contributed by atoms with Crippen LogP contribution in [0.3, 0.4) is 0 Å². The van der Waals surface area contributed by atoms with E-state index in [0.29, 0.717) is 51.5 Å². The number of nitrogens with zero attached hydrogens (tertiary/aromatic N) is 6. The number of carbonyl (C=O) groups excluding carboxylic acids is 3. The van der Waals surface area contributed by atoms with Crippen molar-refractivity contribution in [3.8, 4) is 5.75 Å². The fourth-order valence-corrected chi connectivity index (χ4v) is 7.40. The van der Waals surface area contributed by atoms with Crippen LogP contribution in [0.15, 0.2) is 103 Å². The average molecular weight is 752 g/mol. The van der Waals surface area contributed by atoms with Crippen molar-refractivity contribution in [3.63, 3.8) is 0 Å². The van der Waals surface area contributed by atoms with Crippen LogP contribution in [0.25, 0.3) is 0 Å². The molecule has 0 aliphatic carbocycles. The first-order valence-electron chi connectivity index (χ1n) is 17.5. The SMILES string of the molecule is CCN(CC)CCOc1ccc(Nc2ncc3c(n2)N(c2ccccc2)C(=O)[N+](CCN2C(=O)c4ccccc4C2=O)(c2ccc(Cl)cc2Cl)C3)cc1. The van der Waals surface area contributed by atoms with Gasteiger partial charge in [-0.25, -0.2) is 19.2 Å². The smallest absolute Gasteiger partial charge is 0.434 e. The summed E-state index contributed by atoms with van der Waals surface area (Å²) in [7, 11) is 0. The third kappa shape index (κ3) is 7.08. The first kappa shape index (κ1) is 36.0. The van der Waals surface area contributed by atoms with Crippen molar-refractivity contribution in [2.45, 2.75) is 20.4 Å². The van der Waals surface area contributed by atoms with E-state index >= 15 is 4.79 Å². The molecule has 5 aromatic rings. The molecule has 0 saturated heterocycles. The standard InChI is InChI=1S/C40H38Cl2N7O4/c1-3-46(4-2)21-23-53-31-17-15-29(16-18-31)44-39-43-25-27-26-49(35-19-14-28(41)24-34(35)42,40(52)48(36(27)45-39)30-10-6-5-7-11-30)22-20-47-37(50)32-12-8-9-13-33(32)38(47)51/h5-19,24-25H,3-4,20-23,26H2,1-2H3,(H,43,44,45)/q+1. The van der Waals surface area contributed by atoms with Crippen LogP contribution in [0, 0.1) is 0 Å². The van der Waals surface area contributed by atoms with E-state index in [2.05, 4.69) is 29.0 Å². The first-order valence-corrected chi connectivity index (χ1v) is 18.2. The molecule has 270 valence electrons. The number of rotatable bonds is 13. The van der Waals surface area contributed by atoms with Crippen LogP contribution in [-0.4, -0.2) is 76.9 Å². The molecule has 1 unspecified atom stereocenters. The number of nitrogens with one attached hydrogen (secondary N) is 1. The molecule has 2 aliphatic rings. The Morgan fingerprint density at radius 3 is 2.21 bits per heavy atom. The van der Waals surface area contributed by atoms with Gasteiger partial charge in [-0.2, -0.15) is 4.98 Å². The molecule has 13 heteroatoms. The molecule has 1 aromatic heterocycles. The minimum atomic E-state index is -0.408. The number of aromatic nitrogens is 2. The zero-order valence-corrected chi connectivity index (χ0v) is 30.8. The number of halogens is 2.